The summed E-state index contributed by atoms with van der Waals surface area (Å²) in [6.45, 7) is 2.13. The molecule has 2 aromatic heterocycles. The average Bonchev–Trinajstić information content (AvgIpc) is 2.95. The fraction of sp³-hybridized carbons (Fsp3) is 0.133. The molecule has 0 saturated carbocycles. The van der Waals surface area contributed by atoms with Crippen LogP contribution in [0.2, 0.25) is 0 Å². The summed E-state index contributed by atoms with van der Waals surface area (Å²) in [5.74, 6) is 0.527. The minimum absolute atomic E-state index is 0.405. The maximum absolute atomic E-state index is 5.21. The Kier molecular flexibility index (Phi) is 4.15. The van der Waals surface area contributed by atoms with Gasteiger partial charge in [-0.3, -0.25) is 4.98 Å². The van der Waals surface area contributed by atoms with Crippen LogP contribution in [-0.2, 0) is 6.42 Å². The monoisotopic (exact) mass is 310 g/mol. The van der Waals surface area contributed by atoms with Crippen LogP contribution in [0.1, 0.15) is 18.1 Å². The standard InChI is InChI=1S/C15H14N6S/c1-2-11-3-5-12(6-4-11)9-18-21-14(19-20-15(21)22)13-10-16-7-8-17-13/h3-10H,2H2,1H3,(H,20,22)/b18-9+. The SMILES string of the molecule is CCc1ccc(/C=N/n2c(-c3cnccn3)n[nH]c2=S)cc1. The summed E-state index contributed by atoms with van der Waals surface area (Å²) >= 11 is 5.21. The van der Waals surface area contributed by atoms with E-state index in [2.05, 4.69) is 44.3 Å². The van der Waals surface area contributed by atoms with Crippen LogP contribution in [0.5, 0.6) is 0 Å². The molecule has 0 spiro atoms. The predicted octanol–water partition coefficient (Wildman–Crippen LogP) is 2.84. The Labute approximate surface area is 132 Å². The summed E-state index contributed by atoms with van der Waals surface area (Å²) in [6.07, 6.45) is 7.58. The number of benzene rings is 1. The van der Waals surface area contributed by atoms with Crippen molar-refractivity contribution >= 4 is 18.4 Å². The molecular weight excluding hydrogens is 296 g/mol. The van der Waals surface area contributed by atoms with Crippen molar-refractivity contribution in [1.82, 2.24) is 24.8 Å². The zero-order valence-corrected chi connectivity index (χ0v) is 12.8. The number of aryl methyl sites for hydroxylation is 1. The number of hydrogen-bond donors (Lipinski definition) is 1. The highest BCUT2D eigenvalue weighted by molar-refractivity contribution is 7.71. The number of H-pyrrole nitrogens is 1. The maximum atomic E-state index is 5.21. The van der Waals surface area contributed by atoms with Gasteiger partial charge >= 0.3 is 0 Å². The summed E-state index contributed by atoms with van der Waals surface area (Å²) in [5.41, 5.74) is 2.89. The van der Waals surface area contributed by atoms with Crippen molar-refractivity contribution in [3.05, 3.63) is 58.8 Å². The first-order chi connectivity index (χ1) is 10.8. The van der Waals surface area contributed by atoms with Gasteiger partial charge in [-0.2, -0.15) is 14.9 Å². The van der Waals surface area contributed by atoms with Crippen molar-refractivity contribution < 1.29 is 0 Å². The average molecular weight is 310 g/mol. The molecule has 1 N–H and O–H groups in total. The van der Waals surface area contributed by atoms with E-state index in [1.807, 2.05) is 12.1 Å². The summed E-state index contributed by atoms with van der Waals surface area (Å²) < 4.78 is 1.94. The topological polar surface area (TPSA) is 71.8 Å². The second kappa shape index (κ2) is 6.40. The molecule has 7 heteroatoms. The van der Waals surface area contributed by atoms with Gasteiger partial charge in [0, 0.05) is 12.4 Å². The van der Waals surface area contributed by atoms with E-state index in [0.29, 0.717) is 16.3 Å². The van der Waals surface area contributed by atoms with Gasteiger partial charge in [0.25, 0.3) is 0 Å². The quantitative estimate of drug-likeness (QED) is 0.594. The summed E-state index contributed by atoms with van der Waals surface area (Å²) in [6, 6.07) is 8.21. The van der Waals surface area contributed by atoms with Gasteiger partial charge in [-0.1, -0.05) is 31.2 Å². The van der Waals surface area contributed by atoms with Crippen molar-refractivity contribution in [2.75, 3.05) is 0 Å². The van der Waals surface area contributed by atoms with Crippen LogP contribution in [0.25, 0.3) is 11.5 Å². The first-order valence-corrected chi connectivity index (χ1v) is 7.26. The van der Waals surface area contributed by atoms with Gasteiger partial charge in [0.2, 0.25) is 10.6 Å². The second-order valence-corrected chi connectivity index (χ2v) is 4.98. The third-order valence-corrected chi connectivity index (χ3v) is 3.42. The number of aromatic nitrogens is 5. The fourth-order valence-electron chi connectivity index (χ4n) is 1.94. The van der Waals surface area contributed by atoms with Gasteiger partial charge in [-0.25, -0.2) is 10.1 Å². The summed E-state index contributed by atoms with van der Waals surface area (Å²) in [7, 11) is 0. The van der Waals surface area contributed by atoms with E-state index in [-0.39, 0.29) is 0 Å². The Bertz CT molecular complexity index is 832. The Hall–Kier alpha value is -2.67. The summed E-state index contributed by atoms with van der Waals surface area (Å²) in [4.78, 5) is 8.25. The highest BCUT2D eigenvalue weighted by Gasteiger charge is 2.08. The molecule has 0 aliphatic heterocycles. The molecule has 1 aromatic carbocycles. The lowest BCUT2D eigenvalue weighted by Crippen LogP contribution is -1.97. The van der Waals surface area contributed by atoms with E-state index in [4.69, 9.17) is 12.2 Å². The van der Waals surface area contributed by atoms with Crippen molar-refractivity contribution in [1.29, 1.82) is 0 Å². The van der Waals surface area contributed by atoms with Gasteiger partial charge in [0.15, 0.2) is 0 Å². The van der Waals surface area contributed by atoms with Gasteiger partial charge in [-0.05, 0) is 29.8 Å². The van der Waals surface area contributed by atoms with Gasteiger partial charge < -0.3 is 0 Å². The molecule has 2 heterocycles. The lowest BCUT2D eigenvalue weighted by atomic mass is 10.1. The highest BCUT2D eigenvalue weighted by Crippen LogP contribution is 2.12. The number of aromatic amines is 1. The molecule has 0 bridgehead atoms. The van der Waals surface area contributed by atoms with Gasteiger partial charge in [-0.15, -0.1) is 0 Å². The van der Waals surface area contributed by atoms with Crippen molar-refractivity contribution in [2.24, 2.45) is 5.10 Å². The van der Waals surface area contributed by atoms with E-state index < -0.39 is 0 Å². The van der Waals surface area contributed by atoms with Gasteiger partial charge in [0.05, 0.1) is 12.4 Å². The molecule has 0 fully saturated rings. The number of nitrogens with one attached hydrogen (secondary N) is 1. The fourth-order valence-corrected chi connectivity index (χ4v) is 2.12. The van der Waals surface area contributed by atoms with Crippen LogP contribution < -0.4 is 0 Å². The Morgan fingerprint density at radius 1 is 1.27 bits per heavy atom. The van der Waals surface area contributed by atoms with Crippen molar-refractivity contribution in [3.8, 4) is 11.5 Å². The molecule has 0 amide bonds. The molecule has 0 aliphatic rings. The molecule has 6 nitrogen and oxygen atoms in total. The van der Waals surface area contributed by atoms with Crippen LogP contribution >= 0.6 is 12.2 Å². The third-order valence-electron chi connectivity index (χ3n) is 3.15. The summed E-state index contributed by atoms with van der Waals surface area (Å²) in [5, 5.41) is 11.3. The molecule has 0 atom stereocenters. The first-order valence-electron chi connectivity index (χ1n) is 6.85. The molecule has 0 unspecified atom stereocenters. The normalized spacial score (nSPS) is 11.1. The zero-order valence-electron chi connectivity index (χ0n) is 12.0. The minimum atomic E-state index is 0.405. The van der Waals surface area contributed by atoms with E-state index in [1.165, 1.54) is 10.2 Å². The van der Waals surface area contributed by atoms with E-state index in [0.717, 1.165) is 12.0 Å². The van der Waals surface area contributed by atoms with E-state index in [9.17, 15) is 0 Å². The van der Waals surface area contributed by atoms with Crippen molar-refractivity contribution in [2.45, 2.75) is 13.3 Å². The Morgan fingerprint density at radius 3 is 2.77 bits per heavy atom. The van der Waals surface area contributed by atoms with Crippen LogP contribution in [0.4, 0.5) is 0 Å². The number of rotatable bonds is 4. The zero-order chi connectivity index (χ0) is 15.4. The second-order valence-electron chi connectivity index (χ2n) is 4.59. The van der Waals surface area contributed by atoms with Crippen LogP contribution in [-0.4, -0.2) is 31.1 Å². The smallest absolute Gasteiger partial charge is 0.216 e. The number of hydrogen-bond acceptors (Lipinski definition) is 5. The lowest BCUT2D eigenvalue weighted by Gasteiger charge is -2.00. The molecular formula is C15H14N6S. The molecule has 3 rings (SSSR count). The first kappa shape index (κ1) is 14.3. The molecule has 0 aliphatic carbocycles. The molecule has 0 saturated heterocycles. The molecule has 3 aromatic rings. The van der Waals surface area contributed by atoms with Crippen LogP contribution in [0.15, 0.2) is 48.0 Å². The molecule has 0 radical (unpaired) electrons. The Balaban J connectivity index is 1.93. The molecule has 110 valence electrons. The maximum Gasteiger partial charge on any atom is 0.216 e. The minimum Gasteiger partial charge on any atom is -0.261 e. The number of nitrogens with zero attached hydrogens (tertiary/aromatic N) is 5. The lowest BCUT2D eigenvalue weighted by molar-refractivity contribution is 0.866. The largest absolute Gasteiger partial charge is 0.261 e. The van der Waals surface area contributed by atoms with E-state index >= 15 is 0 Å². The predicted molar refractivity (Wildman–Crippen MR) is 87.2 cm³/mol. The third kappa shape index (κ3) is 2.99. The highest BCUT2D eigenvalue weighted by atomic mass is 32.1. The van der Waals surface area contributed by atoms with Crippen LogP contribution in [0.3, 0.4) is 0 Å². The Morgan fingerprint density at radius 2 is 2.09 bits per heavy atom. The van der Waals surface area contributed by atoms with E-state index in [1.54, 1.807) is 24.8 Å². The van der Waals surface area contributed by atoms with Gasteiger partial charge in [0.1, 0.15) is 5.69 Å². The van der Waals surface area contributed by atoms with Crippen LogP contribution in [0, 0.1) is 4.77 Å². The van der Waals surface area contributed by atoms with Crippen molar-refractivity contribution in [3.63, 3.8) is 0 Å². The molecule has 22 heavy (non-hydrogen) atoms.